The van der Waals surface area contributed by atoms with Gasteiger partial charge in [0.15, 0.2) is 5.78 Å². The van der Waals surface area contributed by atoms with Crippen molar-refractivity contribution < 1.29 is 95.0 Å². The minimum Gasteiger partial charge on any atom is -0.379 e. The summed E-state index contributed by atoms with van der Waals surface area (Å²) in [5.74, 6) is -1.14. The minimum atomic E-state index is -0.883. The van der Waals surface area contributed by atoms with Crippen LogP contribution in [-0.2, 0) is 95.0 Å². The summed E-state index contributed by atoms with van der Waals surface area (Å²) in [7, 11) is 0. The number of unbranched alkanes of at least 4 members (excludes halogenated alkanes) is 1. The quantitative estimate of drug-likeness (QED) is 0.0499. The van der Waals surface area contributed by atoms with Crippen LogP contribution in [0, 0.1) is 0 Å². The first-order chi connectivity index (χ1) is 36.3. The van der Waals surface area contributed by atoms with Crippen molar-refractivity contribution in [3.63, 3.8) is 0 Å². The van der Waals surface area contributed by atoms with E-state index in [2.05, 4.69) is 42.4 Å². The molecule has 23 nitrogen and oxygen atoms in total. The Morgan fingerprint density at radius 3 is 0.892 bits per heavy atom. The molecule has 0 aromatic rings. The molecule has 1 unspecified atom stereocenters. The molecule has 0 rings (SSSR count). The highest BCUT2D eigenvalue weighted by Gasteiger charge is 2.24. The third kappa shape index (κ3) is 54.6. The predicted octanol–water partition coefficient (Wildman–Crippen LogP) is 1.63. The second-order valence-electron chi connectivity index (χ2n) is 16.1. The molecule has 0 spiro atoms. The molecule has 0 aliphatic rings. The second-order valence-corrected chi connectivity index (χ2v) is 16.5. The SMILES string of the molecule is CCCOCCOCCOCCOCCOCCOCCOCCOCCC(=O)NCCCC[C@@H](NC(=O)CCOCCOCCOCCOCCOCCOCCOCCOCCC)C(=O)NC(CS)C(C)=O. The molecule has 0 aliphatic carbocycles. The lowest BCUT2D eigenvalue weighted by atomic mass is 10.1. The third-order valence-corrected chi connectivity index (χ3v) is 10.1. The number of hydrogen-bond donors (Lipinski definition) is 4. The Kier molecular flexibility index (Phi) is 58.2. The molecular weight excluding hydrogens is 995 g/mol. The maximum absolute atomic E-state index is 13.1. The van der Waals surface area contributed by atoms with Crippen LogP contribution in [-0.4, -0.2) is 259 Å². The molecular formula is C50H97N3O20S. The Morgan fingerprint density at radius 2 is 0.622 bits per heavy atom. The summed E-state index contributed by atoms with van der Waals surface area (Å²) in [6, 6.07) is -1.66. The topological polar surface area (TPSA) is 252 Å². The van der Waals surface area contributed by atoms with E-state index in [4.69, 9.17) is 75.8 Å². The highest BCUT2D eigenvalue weighted by Crippen LogP contribution is 2.04. The molecule has 3 N–H and O–H groups in total. The molecule has 0 heterocycles. The zero-order valence-electron chi connectivity index (χ0n) is 45.3. The lowest BCUT2D eigenvalue weighted by Gasteiger charge is -2.21. The first-order valence-corrected chi connectivity index (χ1v) is 27.2. The highest BCUT2D eigenvalue weighted by molar-refractivity contribution is 7.80. The molecule has 0 aromatic carbocycles. The summed E-state index contributed by atoms with van der Waals surface area (Å²) in [4.78, 5) is 50.1. The first kappa shape index (κ1) is 71.8. The van der Waals surface area contributed by atoms with Gasteiger partial charge >= 0.3 is 0 Å². The van der Waals surface area contributed by atoms with Gasteiger partial charge in [0.1, 0.15) is 6.04 Å². The van der Waals surface area contributed by atoms with Crippen LogP contribution in [0.1, 0.15) is 65.7 Å². The summed E-state index contributed by atoms with van der Waals surface area (Å²) in [6.45, 7) is 20.8. The zero-order chi connectivity index (χ0) is 53.9. The molecule has 0 radical (unpaired) electrons. The van der Waals surface area contributed by atoms with E-state index in [1.54, 1.807) is 0 Å². The average Bonchev–Trinajstić information content (AvgIpc) is 3.39. The van der Waals surface area contributed by atoms with Crippen LogP contribution >= 0.6 is 12.6 Å². The van der Waals surface area contributed by atoms with Gasteiger partial charge in [0.05, 0.1) is 204 Å². The number of rotatable bonds is 62. The number of nitrogens with one attached hydrogen (secondary N) is 3. The van der Waals surface area contributed by atoms with Gasteiger partial charge in [0, 0.05) is 38.4 Å². The Bertz CT molecular complexity index is 1240. The molecule has 0 saturated heterocycles. The number of carbonyl (C=O) groups is 4. The molecule has 0 aliphatic heterocycles. The van der Waals surface area contributed by atoms with Crippen LogP contribution in [0.2, 0.25) is 0 Å². The fraction of sp³-hybridized carbons (Fsp3) is 0.920. The van der Waals surface area contributed by atoms with Crippen molar-refractivity contribution in [2.75, 3.05) is 224 Å². The third-order valence-electron chi connectivity index (χ3n) is 9.74. The normalized spacial score (nSPS) is 12.3. The standard InChI is InChI=1S/C50H97N3O20S/c1-4-12-58-16-20-62-24-28-66-32-36-70-40-42-72-38-34-68-30-26-64-22-18-60-14-9-48(55)51-11-7-6-8-46(50(57)53-47(44-74)45(3)54)52-49(56)10-15-61-19-23-65-27-31-69-35-39-73-43-41-71-37-33-67-29-25-63-21-17-59-13-5-2/h46-47,74H,4-44H2,1-3H3,(H,51,55)(H,52,56)(H,53,57)/t46-,47?/m1/s1. The Labute approximate surface area is 447 Å². The molecule has 24 heteroatoms. The van der Waals surface area contributed by atoms with Crippen LogP contribution in [0.3, 0.4) is 0 Å². The molecule has 438 valence electrons. The molecule has 3 amide bonds. The van der Waals surface area contributed by atoms with Crippen LogP contribution in [0.15, 0.2) is 0 Å². The molecule has 74 heavy (non-hydrogen) atoms. The van der Waals surface area contributed by atoms with Gasteiger partial charge in [-0.15, -0.1) is 0 Å². The number of hydrogen-bond acceptors (Lipinski definition) is 21. The van der Waals surface area contributed by atoms with Gasteiger partial charge in [0.2, 0.25) is 17.7 Å². The van der Waals surface area contributed by atoms with Crippen molar-refractivity contribution in [3.05, 3.63) is 0 Å². The number of ketones is 1. The van der Waals surface area contributed by atoms with Crippen LogP contribution in [0.5, 0.6) is 0 Å². The lowest BCUT2D eigenvalue weighted by molar-refractivity contribution is -0.131. The zero-order valence-corrected chi connectivity index (χ0v) is 46.2. The first-order valence-electron chi connectivity index (χ1n) is 26.6. The Balaban J connectivity index is 3.85. The smallest absolute Gasteiger partial charge is 0.243 e. The predicted molar refractivity (Wildman–Crippen MR) is 278 cm³/mol. The maximum atomic E-state index is 13.1. The number of thiol groups is 1. The number of ether oxygens (including phenoxy) is 16. The monoisotopic (exact) mass is 1090 g/mol. The van der Waals surface area contributed by atoms with Crippen molar-refractivity contribution in [3.8, 4) is 0 Å². The lowest BCUT2D eigenvalue weighted by Crippen LogP contribution is -2.52. The Hall–Kier alpha value is -2.21. The van der Waals surface area contributed by atoms with E-state index >= 15 is 0 Å². The van der Waals surface area contributed by atoms with Gasteiger partial charge in [0.25, 0.3) is 0 Å². The minimum absolute atomic E-state index is 0.0259. The fourth-order valence-corrected chi connectivity index (χ4v) is 6.12. The van der Waals surface area contributed by atoms with E-state index in [-0.39, 0.29) is 56.0 Å². The average molecular weight is 1090 g/mol. The van der Waals surface area contributed by atoms with Crippen molar-refractivity contribution in [1.29, 1.82) is 0 Å². The van der Waals surface area contributed by atoms with Gasteiger partial charge in [-0.2, -0.15) is 12.6 Å². The summed E-state index contributed by atoms with van der Waals surface area (Å²) >= 11 is 4.17. The van der Waals surface area contributed by atoms with Gasteiger partial charge in [-0.05, 0) is 39.0 Å². The van der Waals surface area contributed by atoms with Gasteiger partial charge in [-0.3, -0.25) is 19.2 Å². The van der Waals surface area contributed by atoms with E-state index in [9.17, 15) is 19.2 Å². The second kappa shape index (κ2) is 60.0. The van der Waals surface area contributed by atoms with Crippen molar-refractivity contribution in [2.24, 2.45) is 0 Å². The highest BCUT2D eigenvalue weighted by atomic mass is 32.1. The van der Waals surface area contributed by atoms with Gasteiger partial charge in [-0.1, -0.05) is 13.8 Å². The van der Waals surface area contributed by atoms with E-state index in [1.807, 2.05) is 0 Å². The molecule has 0 aromatic heterocycles. The van der Waals surface area contributed by atoms with E-state index in [0.717, 1.165) is 26.1 Å². The molecule has 0 fully saturated rings. The van der Waals surface area contributed by atoms with Crippen molar-refractivity contribution in [2.45, 2.75) is 77.8 Å². The van der Waals surface area contributed by atoms with Crippen LogP contribution < -0.4 is 16.0 Å². The van der Waals surface area contributed by atoms with E-state index < -0.39 is 18.0 Å². The fourth-order valence-electron chi connectivity index (χ4n) is 5.77. The molecule has 2 atom stereocenters. The molecule has 0 bridgehead atoms. The summed E-state index contributed by atoms with van der Waals surface area (Å²) < 4.78 is 87.4. The number of carbonyl (C=O) groups excluding carboxylic acids is 4. The number of amides is 3. The largest absolute Gasteiger partial charge is 0.379 e. The van der Waals surface area contributed by atoms with Gasteiger partial charge < -0.3 is 91.7 Å². The van der Waals surface area contributed by atoms with Crippen LogP contribution in [0.25, 0.3) is 0 Å². The van der Waals surface area contributed by atoms with E-state index in [0.29, 0.717) is 204 Å². The summed E-state index contributed by atoms with van der Waals surface area (Å²) in [5.41, 5.74) is 0. The Morgan fingerprint density at radius 1 is 0.351 bits per heavy atom. The number of Topliss-reactive ketones (excluding diaryl/α,β-unsaturated/α-hetero) is 1. The van der Waals surface area contributed by atoms with Crippen molar-refractivity contribution >= 4 is 36.1 Å². The summed E-state index contributed by atoms with van der Waals surface area (Å²) in [5, 5.41) is 8.27. The van der Waals surface area contributed by atoms with Crippen LogP contribution in [0.4, 0.5) is 0 Å². The van der Waals surface area contributed by atoms with E-state index in [1.165, 1.54) is 6.92 Å². The van der Waals surface area contributed by atoms with Gasteiger partial charge in [-0.25, -0.2) is 0 Å². The summed E-state index contributed by atoms with van der Waals surface area (Å²) in [6.07, 6.45) is 3.61. The maximum Gasteiger partial charge on any atom is 0.243 e. The molecule has 0 saturated carbocycles. The van der Waals surface area contributed by atoms with Crippen molar-refractivity contribution in [1.82, 2.24) is 16.0 Å².